The molecular weight excluding hydrogens is 119 g/mol. The van der Waals surface area contributed by atoms with Crippen molar-refractivity contribution in [2.24, 2.45) is 0 Å². The van der Waals surface area contributed by atoms with Crippen LogP contribution in [0.5, 0.6) is 0 Å². The van der Waals surface area contributed by atoms with E-state index in [0.717, 1.165) is 28.4 Å². The van der Waals surface area contributed by atoms with Crippen LogP contribution in [0.2, 0.25) is 0 Å². The van der Waals surface area contributed by atoms with Crippen LogP contribution < -0.4 is 39.3 Å². The van der Waals surface area contributed by atoms with Gasteiger partial charge in [0.05, 0.1) is 0 Å². The Morgan fingerprint density at radius 3 is 0.444 bits per heavy atom. The van der Waals surface area contributed by atoms with Crippen molar-refractivity contribution in [2.45, 2.75) is 0 Å². The Kier molecular flexibility index (Phi) is 9250. The van der Waals surface area contributed by atoms with E-state index in [9.17, 15) is 0 Å². The zero-order valence-corrected chi connectivity index (χ0v) is 6.63. The molecule has 0 saturated carbocycles. The monoisotopic (exact) mass is 131 g/mol. The topological polar surface area (TPSA) is 92.2 Å². The molecule has 4 nitrogen and oxygen atoms in total. The van der Waals surface area contributed by atoms with Gasteiger partial charge < -0.3 is 20.4 Å². The number of hydrogen-bond donors (Lipinski definition) is 0. The van der Waals surface area contributed by atoms with E-state index in [1.54, 1.807) is 0 Å². The van der Waals surface area contributed by atoms with E-state index in [1.807, 2.05) is 0 Å². The molecule has 0 amide bonds. The normalized spacial score (nSPS) is 2.67. The zero-order chi connectivity index (χ0) is 8.00. The molecule has 0 aliphatic rings. The molecule has 0 fully saturated rings. The minimum absolute atomic E-state index is 0. The number of hydrogen-bond acceptors (Lipinski definition) is 4. The van der Waals surface area contributed by atoms with Crippen LogP contribution in [0.3, 0.4) is 0 Å². The smallest absolute Gasteiger partial charge is 0.857 e. The van der Waals surface area contributed by atoms with Crippen molar-refractivity contribution in [1.82, 2.24) is 0 Å². The van der Waals surface area contributed by atoms with Crippen LogP contribution in [0.4, 0.5) is 0 Å². The Morgan fingerprint density at radius 2 is 0.444 bits per heavy atom. The average molecular weight is 131 g/mol. The van der Waals surface area contributed by atoms with Gasteiger partial charge in [-0.2, -0.15) is 28.4 Å². The fourth-order valence-corrected chi connectivity index (χ4v) is 0. The average Bonchev–Trinajstić information content (AvgIpc) is 2.03. The van der Waals surface area contributed by atoms with Crippen molar-refractivity contribution in [3.05, 3.63) is 0 Å². The zero-order valence-electron chi connectivity index (χ0n) is 6.63. The third kappa shape index (κ3) is 1830. The van der Waals surface area contributed by atoms with E-state index >= 15 is 0 Å². The van der Waals surface area contributed by atoms with E-state index in [-0.39, 0.29) is 18.9 Å². The van der Waals surface area contributed by atoms with Gasteiger partial charge in [0.15, 0.2) is 0 Å². The standard InChI is InChI=1S/4CH3O.Li/c4*1-2;/h4*1H3;/q4*-1;+1. The molecule has 0 aliphatic heterocycles. The third-order valence-corrected chi connectivity index (χ3v) is 0. The molecule has 9 heavy (non-hydrogen) atoms. The summed E-state index contributed by atoms with van der Waals surface area (Å²) < 4.78 is 0. The van der Waals surface area contributed by atoms with Gasteiger partial charge >= 0.3 is 18.9 Å². The second kappa shape index (κ2) is 2440. The van der Waals surface area contributed by atoms with E-state index in [2.05, 4.69) is 0 Å². The van der Waals surface area contributed by atoms with Crippen molar-refractivity contribution < 1.29 is 39.3 Å². The largest absolute Gasteiger partial charge is 1.00 e. The van der Waals surface area contributed by atoms with E-state index in [0.29, 0.717) is 0 Å². The van der Waals surface area contributed by atoms with Crippen LogP contribution in [0.15, 0.2) is 0 Å². The molecule has 0 aromatic rings. The van der Waals surface area contributed by atoms with Gasteiger partial charge in [0.25, 0.3) is 0 Å². The molecule has 0 N–H and O–H groups in total. The molecule has 0 bridgehead atoms. The van der Waals surface area contributed by atoms with Crippen molar-refractivity contribution >= 4 is 0 Å². The van der Waals surface area contributed by atoms with Gasteiger partial charge in [-0.3, -0.25) is 0 Å². The molecule has 0 radical (unpaired) electrons. The maximum atomic E-state index is 8.25. The van der Waals surface area contributed by atoms with E-state index < -0.39 is 0 Å². The Labute approximate surface area is 68.3 Å². The molecule has 0 aliphatic carbocycles. The third-order valence-electron chi connectivity index (χ3n) is 0. The summed E-state index contributed by atoms with van der Waals surface area (Å²) in [6.45, 7) is 0. The van der Waals surface area contributed by atoms with Crippen molar-refractivity contribution in [1.29, 1.82) is 0 Å². The van der Waals surface area contributed by atoms with Crippen LogP contribution in [0.25, 0.3) is 0 Å². The molecular formula is C4H12LiO4-3. The van der Waals surface area contributed by atoms with Gasteiger partial charge in [-0.25, -0.2) is 0 Å². The molecule has 0 aromatic heterocycles. The predicted molar refractivity (Wildman–Crippen MR) is 23.7 cm³/mol. The number of rotatable bonds is 0. The van der Waals surface area contributed by atoms with E-state index in [4.69, 9.17) is 20.4 Å². The maximum Gasteiger partial charge on any atom is 1.00 e. The first-order chi connectivity index (χ1) is 4.00. The summed E-state index contributed by atoms with van der Waals surface area (Å²) >= 11 is 0. The maximum absolute atomic E-state index is 8.25. The second-order valence-corrected chi connectivity index (χ2v) is 0. The van der Waals surface area contributed by atoms with Crippen LogP contribution in [0.1, 0.15) is 0 Å². The van der Waals surface area contributed by atoms with Gasteiger partial charge in [0.2, 0.25) is 0 Å². The summed E-state index contributed by atoms with van der Waals surface area (Å²) in [6, 6.07) is 0. The Bertz CT molecular complexity index is 12.5. The van der Waals surface area contributed by atoms with Crippen LogP contribution in [-0.2, 0) is 0 Å². The Morgan fingerprint density at radius 1 is 0.444 bits per heavy atom. The Balaban J connectivity index is -0.00000000762. The second-order valence-electron chi connectivity index (χ2n) is 0. The van der Waals surface area contributed by atoms with E-state index in [1.165, 1.54) is 0 Å². The summed E-state index contributed by atoms with van der Waals surface area (Å²) in [5.41, 5.74) is 0. The fourth-order valence-electron chi connectivity index (χ4n) is 0. The molecule has 0 heterocycles. The van der Waals surface area contributed by atoms with Crippen LogP contribution in [0, 0.1) is 0 Å². The first kappa shape index (κ1) is 34.1. The van der Waals surface area contributed by atoms with Crippen molar-refractivity contribution in [3.8, 4) is 0 Å². The molecule has 0 aromatic carbocycles. The molecule has 0 spiro atoms. The fraction of sp³-hybridized carbons (Fsp3) is 1.00. The minimum Gasteiger partial charge on any atom is -0.857 e. The van der Waals surface area contributed by atoms with Gasteiger partial charge in [0, 0.05) is 0 Å². The van der Waals surface area contributed by atoms with Crippen LogP contribution in [-0.4, -0.2) is 28.4 Å². The van der Waals surface area contributed by atoms with Gasteiger partial charge in [0.1, 0.15) is 0 Å². The quantitative estimate of drug-likeness (QED) is 0.305. The molecule has 5 heteroatoms. The molecule has 0 unspecified atom stereocenters. The summed E-state index contributed by atoms with van der Waals surface area (Å²) in [4.78, 5) is 0. The first-order valence-corrected chi connectivity index (χ1v) is 1.63. The molecule has 0 rings (SSSR count). The van der Waals surface area contributed by atoms with Gasteiger partial charge in [-0.15, -0.1) is 0 Å². The van der Waals surface area contributed by atoms with Crippen molar-refractivity contribution in [2.75, 3.05) is 28.4 Å². The van der Waals surface area contributed by atoms with Gasteiger partial charge in [-0.05, 0) is 0 Å². The molecule has 0 saturated heterocycles. The van der Waals surface area contributed by atoms with Crippen LogP contribution >= 0.6 is 0 Å². The molecule has 0 atom stereocenters. The summed E-state index contributed by atoms with van der Waals surface area (Å²) in [6.07, 6.45) is 0. The SMILES string of the molecule is C[O-].C[O-].C[O-].C[O-].[Li+]. The Hall–Kier alpha value is 0.437. The summed E-state index contributed by atoms with van der Waals surface area (Å²) in [5, 5.41) is 33.0. The molecule has 56 valence electrons. The minimum atomic E-state index is 0. The van der Waals surface area contributed by atoms with Gasteiger partial charge in [-0.1, -0.05) is 0 Å². The summed E-state index contributed by atoms with van der Waals surface area (Å²) in [7, 11) is 3.00. The summed E-state index contributed by atoms with van der Waals surface area (Å²) in [5.74, 6) is 0. The predicted octanol–water partition coefficient (Wildman–Crippen LogP) is -7.09. The van der Waals surface area contributed by atoms with Crippen molar-refractivity contribution in [3.63, 3.8) is 0 Å². The first-order valence-electron chi connectivity index (χ1n) is 1.63.